The number of alkyl halides is 1. The van der Waals surface area contributed by atoms with Gasteiger partial charge in [0.05, 0.1) is 34.4 Å². The molecule has 16 heteroatoms. The summed E-state index contributed by atoms with van der Waals surface area (Å²) in [6.07, 6.45) is 7.91. The van der Waals surface area contributed by atoms with Crippen molar-refractivity contribution >= 4 is 95.4 Å². The number of anilines is 4. The van der Waals surface area contributed by atoms with Crippen LogP contribution < -0.4 is 25.3 Å². The van der Waals surface area contributed by atoms with Crippen molar-refractivity contribution in [1.82, 2.24) is 15.1 Å². The van der Waals surface area contributed by atoms with Gasteiger partial charge in [-0.3, -0.25) is 48.8 Å². The van der Waals surface area contributed by atoms with E-state index in [1.54, 1.807) is 23.1 Å². The van der Waals surface area contributed by atoms with Gasteiger partial charge in [0.2, 0.25) is 11.8 Å². The number of piperazine rings is 2. The van der Waals surface area contributed by atoms with E-state index in [0.29, 0.717) is 36.9 Å². The van der Waals surface area contributed by atoms with E-state index in [2.05, 4.69) is 119 Å². The lowest BCUT2D eigenvalue weighted by Crippen LogP contribution is -2.50. The smallest absolute Gasteiger partial charge is 0.259 e. The Labute approximate surface area is 524 Å². The molecule has 8 aliphatic rings. The molecular weight excluding hydrogens is 1190 g/mol. The van der Waals surface area contributed by atoms with Gasteiger partial charge in [0.1, 0.15) is 17.4 Å². The molecule has 5 aliphatic heterocycles. The standard InChI is InChI=1S/C37H34FN3O3.C31H28FN3O.C5H6BrNO2/c38-30-6-1-2-7-31(30)39-18-20-40(21-19-39)37(16-17-37)26-11-8-24(9-12-26)22-25-10-14-33-35-28(25)4-3-5-29(35)36(44)41(33)32-15-13-27(42)23-34(32)43;32-26-6-1-2-7-28(26)34-16-18-35(19-17-34)31(14-15-31)23-11-8-21(9-12-23)20-22-10-13-27-29-24(22)4-3-5-25(29)30(36)33-27;6-3-1-2-4(8)7-5(3)9/h1-12,14,32H,13,15-23H2;1-13H,14-20H2,(H,33,36);3H,1-2H2,(H,7,8,9). The van der Waals surface area contributed by atoms with Gasteiger partial charge < -0.3 is 15.1 Å². The summed E-state index contributed by atoms with van der Waals surface area (Å²) < 4.78 is 28.6. The topological polar surface area (TPSA) is 143 Å². The summed E-state index contributed by atoms with van der Waals surface area (Å²) in [5.41, 5.74) is 12.3. The van der Waals surface area contributed by atoms with Crippen LogP contribution in [-0.4, -0.2) is 108 Å². The summed E-state index contributed by atoms with van der Waals surface area (Å²) in [4.78, 5) is 82.4. The largest absolute Gasteiger partial charge is 0.367 e. The minimum Gasteiger partial charge on any atom is -0.367 e. The number of piperidine rings is 1. The number of hydrogen-bond acceptors (Lipinski definition) is 10. The maximum atomic E-state index is 14.3. The maximum Gasteiger partial charge on any atom is 0.259 e. The number of nitrogens with zero attached hydrogens (tertiary/aromatic N) is 5. The number of carbonyl (C=O) groups is 6. The molecule has 3 saturated carbocycles. The number of halogens is 3. The van der Waals surface area contributed by atoms with Gasteiger partial charge >= 0.3 is 0 Å². The van der Waals surface area contributed by atoms with Crippen molar-refractivity contribution in [2.45, 2.75) is 92.6 Å². The third-order valence-corrected chi connectivity index (χ3v) is 20.6. The summed E-state index contributed by atoms with van der Waals surface area (Å²) in [5.74, 6) is -1.05. The van der Waals surface area contributed by atoms with Crippen molar-refractivity contribution in [3.8, 4) is 0 Å². The molecule has 452 valence electrons. The highest BCUT2D eigenvalue weighted by molar-refractivity contribution is 9.10. The van der Waals surface area contributed by atoms with Gasteiger partial charge in [0, 0.05) is 104 Å². The van der Waals surface area contributed by atoms with E-state index in [9.17, 15) is 37.5 Å². The second-order valence-corrected chi connectivity index (χ2v) is 26.0. The first kappa shape index (κ1) is 58.3. The van der Waals surface area contributed by atoms with Crippen molar-refractivity contribution in [3.63, 3.8) is 0 Å². The van der Waals surface area contributed by atoms with Gasteiger partial charge in [-0.05, 0) is 144 Å². The lowest BCUT2D eigenvalue weighted by molar-refractivity contribution is -0.133. The van der Waals surface area contributed by atoms with E-state index in [4.69, 9.17) is 0 Å². The lowest BCUT2D eigenvalue weighted by Gasteiger charge is -2.41. The molecule has 0 spiro atoms. The number of para-hydroxylation sites is 2. The monoisotopic (exact) mass is 1260 g/mol. The van der Waals surface area contributed by atoms with Crippen LogP contribution >= 0.6 is 15.9 Å². The fraction of sp³-hybridized carbons (Fsp3) is 0.315. The number of amides is 4. The van der Waals surface area contributed by atoms with Gasteiger partial charge in [0.15, 0.2) is 5.78 Å². The van der Waals surface area contributed by atoms with Crippen LogP contribution in [0.2, 0.25) is 0 Å². The fourth-order valence-electron chi connectivity index (χ4n) is 14.7. The molecule has 16 rings (SSSR count). The van der Waals surface area contributed by atoms with Crippen molar-refractivity contribution in [2.24, 2.45) is 0 Å². The first-order chi connectivity index (χ1) is 43.2. The molecule has 89 heavy (non-hydrogen) atoms. The molecule has 13 nitrogen and oxygen atoms in total. The Kier molecular flexibility index (Phi) is 15.6. The van der Waals surface area contributed by atoms with Crippen LogP contribution in [0.3, 0.4) is 0 Å². The number of ketones is 2. The van der Waals surface area contributed by atoms with Crippen LogP contribution in [-0.2, 0) is 43.1 Å². The molecule has 0 radical (unpaired) electrons. The maximum absolute atomic E-state index is 14.3. The molecule has 5 heterocycles. The lowest BCUT2D eigenvalue weighted by atomic mass is 9.91. The van der Waals surface area contributed by atoms with Crippen molar-refractivity contribution in [1.29, 1.82) is 0 Å². The van der Waals surface area contributed by atoms with E-state index in [-0.39, 0.29) is 69.2 Å². The van der Waals surface area contributed by atoms with Crippen LogP contribution in [0.25, 0.3) is 21.5 Å². The second kappa shape index (κ2) is 23.8. The Bertz CT molecular complexity index is 4150. The number of imide groups is 1. The minimum atomic E-state index is -0.577. The molecular formula is C73H68BrF2N7O6. The van der Waals surface area contributed by atoms with E-state index < -0.39 is 6.04 Å². The van der Waals surface area contributed by atoms with Crippen molar-refractivity contribution in [2.75, 3.05) is 72.4 Å². The molecule has 8 aromatic rings. The molecule has 3 saturated heterocycles. The Hall–Kier alpha value is -8.44. The Morgan fingerprint density at radius 3 is 1.52 bits per heavy atom. The molecule has 2 unspecified atom stereocenters. The molecule has 4 amide bonds. The third kappa shape index (κ3) is 11.1. The Morgan fingerprint density at radius 2 is 1.01 bits per heavy atom. The molecule has 2 atom stereocenters. The second-order valence-electron chi connectivity index (χ2n) is 24.9. The highest BCUT2D eigenvalue weighted by atomic mass is 79.9. The Balaban J connectivity index is 0.000000139. The number of nitrogens with one attached hydrogen (secondary N) is 2. The first-order valence-corrected chi connectivity index (χ1v) is 32.1. The molecule has 0 bridgehead atoms. The van der Waals surface area contributed by atoms with Crippen LogP contribution in [0, 0.1) is 11.6 Å². The summed E-state index contributed by atoms with van der Waals surface area (Å²) in [6, 6.07) is 51.7. The molecule has 2 N–H and O–H groups in total. The summed E-state index contributed by atoms with van der Waals surface area (Å²) in [5, 5.41) is 9.31. The van der Waals surface area contributed by atoms with Crippen LogP contribution in [0.1, 0.15) is 112 Å². The number of Topliss-reactive ketones (excluding diaryl/α,β-unsaturated/α-hetero) is 2. The van der Waals surface area contributed by atoms with E-state index in [0.717, 1.165) is 128 Å². The minimum absolute atomic E-state index is 0.0124. The first-order valence-electron chi connectivity index (χ1n) is 31.2. The quantitative estimate of drug-likeness (QED) is 0.0730. The number of hydrogen-bond donors (Lipinski definition) is 2. The molecule has 6 fully saturated rings. The predicted molar refractivity (Wildman–Crippen MR) is 346 cm³/mol. The summed E-state index contributed by atoms with van der Waals surface area (Å²) in [7, 11) is 0. The highest BCUT2D eigenvalue weighted by Crippen LogP contribution is 2.53. The number of carbonyl (C=O) groups excluding carboxylic acids is 6. The zero-order valence-electron chi connectivity index (χ0n) is 49.4. The third-order valence-electron chi connectivity index (χ3n) is 19.7. The van der Waals surface area contributed by atoms with Gasteiger partial charge in [-0.15, -0.1) is 0 Å². The van der Waals surface area contributed by atoms with E-state index in [1.165, 1.54) is 46.7 Å². The predicted octanol–water partition coefficient (Wildman–Crippen LogP) is 12.2. The van der Waals surface area contributed by atoms with Gasteiger partial charge in [-0.2, -0.15) is 0 Å². The Morgan fingerprint density at radius 1 is 0.494 bits per heavy atom. The zero-order valence-corrected chi connectivity index (χ0v) is 51.0. The average Bonchev–Trinajstić information content (AvgIpc) is 1.65. The number of rotatable bonds is 11. The normalized spacial score (nSPS) is 20.9. The summed E-state index contributed by atoms with van der Waals surface area (Å²) >= 11 is 3.12. The van der Waals surface area contributed by atoms with Gasteiger partial charge in [-0.1, -0.05) is 125 Å². The van der Waals surface area contributed by atoms with E-state index >= 15 is 0 Å². The van der Waals surface area contributed by atoms with Crippen LogP contribution in [0.5, 0.6) is 0 Å². The van der Waals surface area contributed by atoms with Gasteiger partial charge in [-0.25, -0.2) is 8.78 Å². The highest BCUT2D eigenvalue weighted by Gasteiger charge is 2.51. The van der Waals surface area contributed by atoms with Crippen LogP contribution in [0.15, 0.2) is 158 Å². The molecule has 0 aromatic heterocycles. The average molecular weight is 1260 g/mol. The van der Waals surface area contributed by atoms with Crippen molar-refractivity contribution in [3.05, 3.63) is 214 Å². The molecule has 3 aliphatic carbocycles. The van der Waals surface area contributed by atoms with Crippen LogP contribution in [0.4, 0.5) is 31.5 Å². The number of benzene rings is 8. The molecule has 8 aromatic carbocycles. The van der Waals surface area contributed by atoms with E-state index in [1.807, 2.05) is 60.7 Å². The fourth-order valence-corrected chi connectivity index (χ4v) is 15.1. The SMILES string of the molecule is O=C1CCC(Br)C(=O)N1.O=C1CCC(N2C(=O)c3cccc4c(Cc5ccc(C6(N7CCN(c8ccccc8F)CC7)CC6)cc5)ccc2c34)C(=O)C1.O=C1Nc2ccc(Cc3ccc(C4(N5CCN(c6ccccc6F)CC5)CC4)cc3)c3cccc1c23. The van der Waals surface area contributed by atoms with Gasteiger partial charge in [0.25, 0.3) is 11.8 Å². The van der Waals surface area contributed by atoms with Crippen molar-refractivity contribution < 1.29 is 37.5 Å². The zero-order chi connectivity index (χ0) is 61.1. The summed E-state index contributed by atoms with van der Waals surface area (Å²) in [6.45, 7) is 7.06.